The van der Waals surface area contributed by atoms with E-state index in [1.54, 1.807) is 0 Å². The van der Waals surface area contributed by atoms with Crippen molar-refractivity contribution in [3.05, 3.63) is 0 Å². The molecule has 0 rings (SSSR count). The number of unbranched alkanes of at least 4 members (excludes halogenated alkanes) is 1. The molecule has 0 fully saturated rings. The molecule has 0 aromatic heterocycles. The number of carboxylic acid groups (broad SMARTS) is 1. The molecule has 14 nitrogen and oxygen atoms in total. The number of nitrogens with two attached hydrogens (primary N) is 4. The van der Waals surface area contributed by atoms with Crippen LogP contribution >= 0.6 is 0 Å². The molecule has 32 heavy (non-hydrogen) atoms. The zero-order chi connectivity index (χ0) is 24.7. The van der Waals surface area contributed by atoms with Crippen molar-refractivity contribution in [1.82, 2.24) is 16.0 Å². The Balaban J connectivity index is 4.66. The molecule has 0 spiro atoms. The van der Waals surface area contributed by atoms with Crippen molar-refractivity contribution in [2.24, 2.45) is 27.9 Å². The lowest BCUT2D eigenvalue weighted by molar-refractivity contribution is -0.142. The summed E-state index contributed by atoms with van der Waals surface area (Å²) in [6.45, 7) is 1.43. The molecule has 0 aromatic rings. The van der Waals surface area contributed by atoms with E-state index in [9.17, 15) is 29.4 Å². The lowest BCUT2D eigenvalue weighted by Crippen LogP contribution is -2.57. The SMILES string of the molecule is CC(O)C(NC(=O)C(N)CCCN=C(N)N)C(=O)NCC(=O)NC(CCCCN)C(=O)O. The third-order valence-electron chi connectivity index (χ3n) is 4.37. The quantitative estimate of drug-likeness (QED) is 0.0612. The third kappa shape index (κ3) is 12.7. The van der Waals surface area contributed by atoms with E-state index in [2.05, 4.69) is 20.9 Å². The first-order valence-electron chi connectivity index (χ1n) is 10.3. The van der Waals surface area contributed by atoms with Gasteiger partial charge in [-0.3, -0.25) is 19.4 Å². The van der Waals surface area contributed by atoms with Gasteiger partial charge in [-0.25, -0.2) is 4.79 Å². The molecule has 4 unspecified atom stereocenters. The van der Waals surface area contributed by atoms with Gasteiger partial charge in [0, 0.05) is 6.54 Å². The van der Waals surface area contributed by atoms with Crippen LogP contribution in [0.4, 0.5) is 0 Å². The molecular weight excluding hydrogens is 424 g/mol. The Kier molecular flexibility index (Phi) is 14.3. The topological polar surface area (TPSA) is 261 Å². The Morgan fingerprint density at radius 1 is 1.00 bits per heavy atom. The van der Waals surface area contributed by atoms with E-state index in [0.717, 1.165) is 0 Å². The number of aliphatic carboxylic acids is 1. The molecule has 0 aliphatic rings. The van der Waals surface area contributed by atoms with Crippen LogP contribution in [0.3, 0.4) is 0 Å². The van der Waals surface area contributed by atoms with Gasteiger partial charge in [-0.15, -0.1) is 0 Å². The highest BCUT2D eigenvalue weighted by atomic mass is 16.4. The van der Waals surface area contributed by atoms with E-state index in [1.165, 1.54) is 6.92 Å². The second-order valence-electron chi connectivity index (χ2n) is 7.24. The Hall–Kier alpha value is -2.97. The van der Waals surface area contributed by atoms with Gasteiger partial charge in [-0.05, 0) is 45.6 Å². The minimum atomic E-state index is -1.36. The van der Waals surface area contributed by atoms with Crippen LogP contribution in [0.1, 0.15) is 39.0 Å². The second-order valence-corrected chi connectivity index (χ2v) is 7.24. The Morgan fingerprint density at radius 3 is 2.19 bits per heavy atom. The molecule has 0 bridgehead atoms. The van der Waals surface area contributed by atoms with Crippen LogP contribution in [-0.2, 0) is 19.2 Å². The molecule has 0 radical (unpaired) electrons. The number of amides is 3. The molecule has 13 N–H and O–H groups in total. The zero-order valence-electron chi connectivity index (χ0n) is 18.3. The summed E-state index contributed by atoms with van der Waals surface area (Å²) >= 11 is 0. The first-order chi connectivity index (χ1) is 15.0. The molecule has 0 aromatic carbocycles. The summed E-state index contributed by atoms with van der Waals surface area (Å²) in [5.74, 6) is -3.52. The van der Waals surface area contributed by atoms with E-state index < -0.39 is 54.5 Å². The fourth-order valence-corrected chi connectivity index (χ4v) is 2.59. The normalized spacial score (nSPS) is 14.4. The Bertz CT molecular complexity index is 653. The number of aliphatic hydroxyl groups excluding tert-OH is 1. The highest BCUT2D eigenvalue weighted by Gasteiger charge is 2.28. The van der Waals surface area contributed by atoms with Gasteiger partial charge < -0.3 is 49.1 Å². The van der Waals surface area contributed by atoms with Crippen LogP contribution < -0.4 is 38.9 Å². The first kappa shape index (κ1) is 29.0. The summed E-state index contributed by atoms with van der Waals surface area (Å²) in [5, 5.41) is 25.9. The molecule has 14 heteroatoms. The molecule has 3 amide bonds. The van der Waals surface area contributed by atoms with Crippen LogP contribution in [0.5, 0.6) is 0 Å². The zero-order valence-corrected chi connectivity index (χ0v) is 18.3. The van der Waals surface area contributed by atoms with Crippen molar-refractivity contribution in [2.45, 2.75) is 63.3 Å². The number of carboxylic acids is 1. The van der Waals surface area contributed by atoms with E-state index in [4.69, 9.17) is 22.9 Å². The first-order valence-corrected chi connectivity index (χ1v) is 10.3. The monoisotopic (exact) mass is 460 g/mol. The fraction of sp³-hybridized carbons (Fsp3) is 0.722. The summed E-state index contributed by atoms with van der Waals surface area (Å²) in [6.07, 6.45) is 0.706. The smallest absolute Gasteiger partial charge is 0.326 e. The van der Waals surface area contributed by atoms with E-state index in [0.29, 0.717) is 25.8 Å². The highest BCUT2D eigenvalue weighted by Crippen LogP contribution is 2.01. The molecule has 0 aliphatic carbocycles. The van der Waals surface area contributed by atoms with Gasteiger partial charge in [0.15, 0.2) is 5.96 Å². The number of carbonyl (C=O) groups is 4. The van der Waals surface area contributed by atoms with Gasteiger partial charge in [-0.1, -0.05) is 0 Å². The summed E-state index contributed by atoms with van der Waals surface area (Å²) in [7, 11) is 0. The van der Waals surface area contributed by atoms with Crippen molar-refractivity contribution < 1.29 is 29.4 Å². The summed E-state index contributed by atoms with van der Waals surface area (Å²) < 4.78 is 0. The van der Waals surface area contributed by atoms with Crippen LogP contribution in [0.15, 0.2) is 4.99 Å². The van der Waals surface area contributed by atoms with Gasteiger partial charge in [0.2, 0.25) is 17.7 Å². The standard InChI is InChI=1S/C18H36N8O6/c1-10(27)14(26-15(29)11(20)5-4-8-23-18(21)22)16(30)24-9-13(28)25-12(17(31)32)6-2-3-7-19/h10-12,14,27H,2-9,19-20H2,1H3,(H,24,30)(H,25,28)(H,26,29)(H,31,32)(H4,21,22,23). The van der Waals surface area contributed by atoms with Crippen LogP contribution in [0.2, 0.25) is 0 Å². The Morgan fingerprint density at radius 2 is 1.66 bits per heavy atom. The van der Waals surface area contributed by atoms with Crippen LogP contribution in [0.25, 0.3) is 0 Å². The minimum Gasteiger partial charge on any atom is -0.480 e. The Labute approximate surface area is 186 Å². The van der Waals surface area contributed by atoms with Gasteiger partial charge in [0.25, 0.3) is 0 Å². The molecule has 0 saturated carbocycles. The number of aliphatic imine (C=N–C) groups is 1. The van der Waals surface area contributed by atoms with Crippen molar-refractivity contribution in [3.63, 3.8) is 0 Å². The van der Waals surface area contributed by atoms with Crippen molar-refractivity contribution in [1.29, 1.82) is 0 Å². The maximum atomic E-state index is 12.3. The van der Waals surface area contributed by atoms with Gasteiger partial charge in [-0.2, -0.15) is 0 Å². The fourth-order valence-electron chi connectivity index (χ4n) is 2.59. The van der Waals surface area contributed by atoms with Gasteiger partial charge in [0.05, 0.1) is 18.7 Å². The predicted octanol–water partition coefficient (Wildman–Crippen LogP) is -3.95. The summed E-state index contributed by atoms with van der Waals surface area (Å²) in [6, 6.07) is -3.44. The average molecular weight is 461 g/mol. The molecule has 0 heterocycles. The second kappa shape index (κ2) is 15.8. The van der Waals surface area contributed by atoms with Crippen molar-refractivity contribution in [3.8, 4) is 0 Å². The van der Waals surface area contributed by atoms with Gasteiger partial charge >= 0.3 is 5.97 Å². The third-order valence-corrected chi connectivity index (χ3v) is 4.37. The van der Waals surface area contributed by atoms with Crippen LogP contribution in [-0.4, -0.2) is 83.7 Å². The number of aliphatic hydroxyl groups is 1. The molecule has 4 atom stereocenters. The predicted molar refractivity (Wildman–Crippen MR) is 117 cm³/mol. The number of carbonyl (C=O) groups excluding carboxylic acids is 3. The number of rotatable bonds is 16. The number of nitrogens with one attached hydrogen (secondary N) is 3. The maximum absolute atomic E-state index is 12.3. The molecule has 184 valence electrons. The largest absolute Gasteiger partial charge is 0.480 e. The average Bonchev–Trinajstić information content (AvgIpc) is 2.71. The van der Waals surface area contributed by atoms with Crippen LogP contribution in [0, 0.1) is 0 Å². The number of nitrogens with zero attached hydrogens (tertiary/aromatic N) is 1. The highest BCUT2D eigenvalue weighted by molar-refractivity contribution is 5.92. The van der Waals surface area contributed by atoms with E-state index in [-0.39, 0.29) is 25.3 Å². The minimum absolute atomic E-state index is 0.0804. The summed E-state index contributed by atoms with van der Waals surface area (Å²) in [5.41, 5.74) is 21.5. The molecular formula is C18H36N8O6. The maximum Gasteiger partial charge on any atom is 0.326 e. The number of hydrogen-bond donors (Lipinski definition) is 9. The lowest BCUT2D eigenvalue weighted by Gasteiger charge is -2.23. The lowest BCUT2D eigenvalue weighted by atomic mass is 10.1. The molecule has 0 saturated heterocycles. The van der Waals surface area contributed by atoms with Crippen molar-refractivity contribution in [2.75, 3.05) is 19.6 Å². The number of guanidine groups is 1. The summed E-state index contributed by atoms with van der Waals surface area (Å²) in [4.78, 5) is 51.5. The molecule has 0 aliphatic heterocycles. The van der Waals surface area contributed by atoms with Gasteiger partial charge in [0.1, 0.15) is 12.1 Å². The van der Waals surface area contributed by atoms with E-state index >= 15 is 0 Å². The van der Waals surface area contributed by atoms with E-state index in [1.807, 2.05) is 0 Å². The van der Waals surface area contributed by atoms with Crippen molar-refractivity contribution >= 4 is 29.7 Å². The number of hydrogen-bond acceptors (Lipinski definition) is 8.